The van der Waals surface area contributed by atoms with Crippen LogP contribution in [0.1, 0.15) is 10.4 Å². The fourth-order valence-electron chi connectivity index (χ4n) is 2.00. The molecule has 4 nitrogen and oxygen atoms in total. The Labute approximate surface area is 160 Å². The summed E-state index contributed by atoms with van der Waals surface area (Å²) in [5.74, 6) is 0.101. The molecule has 0 saturated heterocycles. The van der Waals surface area contributed by atoms with E-state index in [0.29, 0.717) is 16.8 Å². The molecule has 10 heteroatoms. The highest BCUT2D eigenvalue weighted by Gasteiger charge is 2.31. The van der Waals surface area contributed by atoms with Gasteiger partial charge >= 0.3 is 6.18 Å². The van der Waals surface area contributed by atoms with E-state index >= 15 is 0 Å². The van der Waals surface area contributed by atoms with Crippen molar-refractivity contribution in [1.29, 1.82) is 0 Å². The first-order valence-corrected chi connectivity index (χ1v) is 8.73. The Morgan fingerprint density at radius 1 is 1.12 bits per heavy atom. The number of nitrogens with one attached hydrogen (secondary N) is 1. The van der Waals surface area contributed by atoms with Crippen molar-refractivity contribution in [2.24, 2.45) is 0 Å². The molecule has 136 valence electrons. The number of hydrogen-bond acceptors (Lipinski definition) is 5. The molecule has 3 rings (SSSR count). The SMILES string of the molecule is FC(F)(F)c1cc(Cl)nc(Oc2ccc(NCc3cnc(Cl)s3)cc2)c1. The molecule has 0 aliphatic rings. The van der Waals surface area contributed by atoms with Crippen LogP contribution in [-0.2, 0) is 12.7 Å². The molecule has 26 heavy (non-hydrogen) atoms. The smallest absolute Gasteiger partial charge is 0.416 e. The minimum atomic E-state index is -4.53. The molecule has 0 fully saturated rings. The predicted octanol–water partition coefficient (Wildman–Crippen LogP) is 6.27. The van der Waals surface area contributed by atoms with Gasteiger partial charge < -0.3 is 10.1 Å². The third-order valence-corrected chi connectivity index (χ3v) is 4.48. The van der Waals surface area contributed by atoms with Crippen LogP contribution >= 0.6 is 34.5 Å². The second kappa shape index (κ2) is 7.69. The van der Waals surface area contributed by atoms with E-state index in [-0.39, 0.29) is 11.0 Å². The normalized spacial score (nSPS) is 11.4. The Bertz CT molecular complexity index is 901. The monoisotopic (exact) mass is 419 g/mol. The highest BCUT2D eigenvalue weighted by Crippen LogP contribution is 2.33. The molecule has 0 atom stereocenters. The molecule has 0 aliphatic carbocycles. The molecule has 0 amide bonds. The number of benzene rings is 1. The lowest BCUT2D eigenvalue weighted by Gasteiger charge is -2.11. The molecule has 2 aromatic heterocycles. The molecule has 3 aromatic rings. The molecule has 1 aromatic carbocycles. The zero-order chi connectivity index (χ0) is 18.7. The number of hydrogen-bond donors (Lipinski definition) is 1. The number of ether oxygens (including phenoxy) is 1. The van der Waals surface area contributed by atoms with Crippen molar-refractivity contribution < 1.29 is 17.9 Å². The minimum absolute atomic E-state index is 0.232. The largest absolute Gasteiger partial charge is 0.439 e. The Kier molecular flexibility index (Phi) is 5.55. The van der Waals surface area contributed by atoms with Crippen LogP contribution in [0.2, 0.25) is 9.62 Å². The van der Waals surface area contributed by atoms with Gasteiger partial charge in [0.15, 0.2) is 4.47 Å². The molecule has 0 unspecified atom stereocenters. The van der Waals surface area contributed by atoms with Gasteiger partial charge in [0.05, 0.1) is 12.1 Å². The van der Waals surface area contributed by atoms with E-state index in [0.717, 1.165) is 22.7 Å². The maximum atomic E-state index is 12.8. The van der Waals surface area contributed by atoms with E-state index in [1.807, 2.05) is 0 Å². The third kappa shape index (κ3) is 5.00. The Morgan fingerprint density at radius 3 is 2.46 bits per heavy atom. The Hall–Kier alpha value is -2.03. The summed E-state index contributed by atoms with van der Waals surface area (Å²) in [4.78, 5) is 8.67. The molecule has 0 aliphatic heterocycles. The molecule has 0 radical (unpaired) electrons. The van der Waals surface area contributed by atoms with Crippen LogP contribution in [-0.4, -0.2) is 9.97 Å². The summed E-state index contributed by atoms with van der Waals surface area (Å²) in [5, 5.41) is 2.88. The molecule has 2 heterocycles. The fraction of sp³-hybridized carbons (Fsp3) is 0.125. The van der Waals surface area contributed by atoms with Gasteiger partial charge in [0.1, 0.15) is 10.9 Å². The van der Waals surface area contributed by atoms with Gasteiger partial charge in [-0.1, -0.05) is 23.2 Å². The van der Waals surface area contributed by atoms with Crippen LogP contribution in [0.15, 0.2) is 42.6 Å². The molecule has 0 saturated carbocycles. The molecule has 1 N–H and O–H groups in total. The van der Waals surface area contributed by atoms with E-state index in [1.165, 1.54) is 11.3 Å². The van der Waals surface area contributed by atoms with Crippen LogP contribution in [0.25, 0.3) is 0 Å². The van der Waals surface area contributed by atoms with Gasteiger partial charge in [-0.2, -0.15) is 13.2 Å². The van der Waals surface area contributed by atoms with E-state index in [2.05, 4.69) is 15.3 Å². The lowest BCUT2D eigenvalue weighted by Crippen LogP contribution is -2.05. The van der Waals surface area contributed by atoms with E-state index in [9.17, 15) is 13.2 Å². The number of thiazole rings is 1. The Morgan fingerprint density at radius 2 is 1.85 bits per heavy atom. The minimum Gasteiger partial charge on any atom is -0.439 e. The van der Waals surface area contributed by atoms with Crippen molar-refractivity contribution in [3.8, 4) is 11.6 Å². The highest BCUT2D eigenvalue weighted by molar-refractivity contribution is 7.15. The molecule has 0 bridgehead atoms. The summed E-state index contributed by atoms with van der Waals surface area (Å²) in [5.41, 5.74) is -0.120. The summed E-state index contributed by atoms with van der Waals surface area (Å²) in [6.07, 6.45) is -2.85. The van der Waals surface area contributed by atoms with Crippen molar-refractivity contribution in [2.45, 2.75) is 12.7 Å². The predicted molar refractivity (Wildman–Crippen MR) is 95.2 cm³/mol. The van der Waals surface area contributed by atoms with Gasteiger partial charge in [0.2, 0.25) is 5.88 Å². The standard InChI is InChI=1S/C16H10Cl2F3N3OS/c17-13-5-9(16(19,20)21)6-14(24-13)25-11-3-1-10(2-4-11)22-7-12-8-23-15(18)26-12/h1-6,8,22H,7H2. The van der Waals surface area contributed by atoms with E-state index in [4.69, 9.17) is 27.9 Å². The van der Waals surface area contributed by atoms with Crippen molar-refractivity contribution in [2.75, 3.05) is 5.32 Å². The molecular formula is C16H10Cl2F3N3OS. The maximum absolute atomic E-state index is 12.8. The number of rotatable bonds is 5. The highest BCUT2D eigenvalue weighted by atomic mass is 35.5. The Balaban J connectivity index is 1.66. The molecular weight excluding hydrogens is 410 g/mol. The quantitative estimate of drug-likeness (QED) is 0.495. The number of alkyl halides is 3. The van der Waals surface area contributed by atoms with Gasteiger partial charge in [-0.15, -0.1) is 11.3 Å². The van der Waals surface area contributed by atoms with Gasteiger partial charge in [-0.25, -0.2) is 9.97 Å². The molecule has 0 spiro atoms. The van der Waals surface area contributed by atoms with Gasteiger partial charge in [0.25, 0.3) is 0 Å². The second-order valence-corrected chi connectivity index (χ2v) is 7.16. The number of nitrogens with zero attached hydrogens (tertiary/aromatic N) is 2. The number of aromatic nitrogens is 2. The number of halogens is 5. The summed E-state index contributed by atoms with van der Waals surface area (Å²) in [6, 6.07) is 8.22. The van der Waals surface area contributed by atoms with Crippen molar-refractivity contribution >= 4 is 40.2 Å². The average Bonchev–Trinajstić information content (AvgIpc) is 2.98. The third-order valence-electron chi connectivity index (χ3n) is 3.17. The van der Waals surface area contributed by atoms with E-state index < -0.39 is 11.7 Å². The zero-order valence-corrected chi connectivity index (χ0v) is 15.2. The topological polar surface area (TPSA) is 47.0 Å². The maximum Gasteiger partial charge on any atom is 0.416 e. The van der Waals surface area contributed by atoms with Crippen molar-refractivity contribution in [1.82, 2.24) is 9.97 Å². The fourth-order valence-corrected chi connectivity index (χ4v) is 3.12. The van der Waals surface area contributed by atoms with Crippen molar-refractivity contribution in [3.63, 3.8) is 0 Å². The van der Waals surface area contributed by atoms with Crippen LogP contribution in [0.3, 0.4) is 0 Å². The first-order valence-electron chi connectivity index (χ1n) is 7.16. The van der Waals surface area contributed by atoms with Crippen LogP contribution in [0, 0.1) is 0 Å². The average molecular weight is 420 g/mol. The lowest BCUT2D eigenvalue weighted by atomic mass is 10.2. The first-order chi connectivity index (χ1) is 12.3. The summed E-state index contributed by atoms with van der Waals surface area (Å²) < 4.78 is 44.2. The lowest BCUT2D eigenvalue weighted by molar-refractivity contribution is -0.137. The second-order valence-electron chi connectivity index (χ2n) is 5.07. The number of anilines is 1. The van der Waals surface area contributed by atoms with Gasteiger partial charge in [0, 0.05) is 22.8 Å². The van der Waals surface area contributed by atoms with Crippen LogP contribution in [0.4, 0.5) is 18.9 Å². The van der Waals surface area contributed by atoms with E-state index in [1.54, 1.807) is 30.5 Å². The summed E-state index contributed by atoms with van der Waals surface area (Å²) in [7, 11) is 0. The van der Waals surface area contributed by atoms with Crippen molar-refractivity contribution in [3.05, 3.63) is 62.7 Å². The number of pyridine rings is 1. The first kappa shape index (κ1) is 18.8. The van der Waals surface area contributed by atoms with Crippen LogP contribution in [0.5, 0.6) is 11.6 Å². The zero-order valence-electron chi connectivity index (χ0n) is 12.8. The van der Waals surface area contributed by atoms with Crippen LogP contribution < -0.4 is 10.1 Å². The summed E-state index contributed by atoms with van der Waals surface area (Å²) >= 11 is 12.8. The van der Waals surface area contributed by atoms with Gasteiger partial charge in [-0.3, -0.25) is 0 Å². The van der Waals surface area contributed by atoms with Gasteiger partial charge in [-0.05, 0) is 30.3 Å². The summed E-state index contributed by atoms with van der Waals surface area (Å²) in [6.45, 7) is 0.551.